The van der Waals surface area contributed by atoms with Crippen molar-refractivity contribution in [1.82, 2.24) is 0 Å². The molecule has 0 aromatic heterocycles. The Bertz CT molecular complexity index is 1110. The topological polar surface area (TPSA) is 136 Å². The van der Waals surface area contributed by atoms with Crippen LogP contribution in [0.2, 0.25) is 0 Å². The van der Waals surface area contributed by atoms with Gasteiger partial charge in [-0.1, -0.05) is 6.58 Å². The van der Waals surface area contributed by atoms with Crippen LogP contribution in [0.1, 0.15) is 17.3 Å². The molecule has 1 fully saturated rings. The van der Waals surface area contributed by atoms with Crippen LogP contribution in [0.5, 0.6) is 0 Å². The SMILES string of the molecule is C=C(C)C(=O)OCCN(C)c1ccc(N=Nc2ccc(C(=O)OCC3CO3)cc2[N+](=O)[O-])cc1. The highest BCUT2D eigenvalue weighted by Crippen LogP contribution is 2.31. The largest absolute Gasteiger partial charge is 0.460 e. The van der Waals surface area contributed by atoms with E-state index in [1.165, 1.54) is 12.1 Å². The number of epoxide rings is 1. The number of anilines is 1. The highest BCUT2D eigenvalue weighted by Gasteiger charge is 2.25. The van der Waals surface area contributed by atoms with Crippen LogP contribution in [0, 0.1) is 10.1 Å². The van der Waals surface area contributed by atoms with Gasteiger partial charge >= 0.3 is 11.9 Å². The number of likely N-dealkylation sites (N-methyl/N-ethyl adjacent to an activating group) is 1. The summed E-state index contributed by atoms with van der Waals surface area (Å²) in [4.78, 5) is 36.2. The number of hydrogen-bond acceptors (Lipinski definition) is 10. The molecule has 1 heterocycles. The zero-order valence-electron chi connectivity index (χ0n) is 18.8. The number of carbonyl (C=O) groups is 2. The number of benzene rings is 2. The van der Waals surface area contributed by atoms with Crippen LogP contribution in [0.4, 0.5) is 22.7 Å². The van der Waals surface area contributed by atoms with Crippen molar-refractivity contribution in [3.05, 3.63) is 70.3 Å². The lowest BCUT2D eigenvalue weighted by Gasteiger charge is -2.19. The van der Waals surface area contributed by atoms with Gasteiger partial charge in [-0.2, -0.15) is 5.11 Å². The van der Waals surface area contributed by atoms with Crippen molar-refractivity contribution in [1.29, 1.82) is 0 Å². The highest BCUT2D eigenvalue weighted by atomic mass is 16.6. The lowest BCUT2D eigenvalue weighted by Crippen LogP contribution is -2.23. The number of hydrogen-bond donors (Lipinski definition) is 0. The van der Waals surface area contributed by atoms with Crippen molar-refractivity contribution in [3.63, 3.8) is 0 Å². The van der Waals surface area contributed by atoms with Crippen molar-refractivity contribution in [3.8, 4) is 0 Å². The van der Waals surface area contributed by atoms with Gasteiger partial charge in [-0.05, 0) is 43.3 Å². The molecule has 34 heavy (non-hydrogen) atoms. The maximum absolute atomic E-state index is 12.1. The van der Waals surface area contributed by atoms with Crippen molar-refractivity contribution in [2.24, 2.45) is 10.2 Å². The smallest absolute Gasteiger partial charge is 0.338 e. The molecule has 1 aliphatic rings. The van der Waals surface area contributed by atoms with Crippen LogP contribution in [0.15, 0.2) is 64.8 Å². The molecule has 3 rings (SSSR count). The number of nitrogens with zero attached hydrogens (tertiary/aromatic N) is 4. The first-order valence-electron chi connectivity index (χ1n) is 10.4. The molecule has 1 aliphatic heterocycles. The van der Waals surface area contributed by atoms with Gasteiger partial charge in [0.1, 0.15) is 19.3 Å². The highest BCUT2D eigenvalue weighted by molar-refractivity contribution is 5.91. The first-order valence-corrected chi connectivity index (χ1v) is 10.4. The Labute approximate surface area is 195 Å². The fourth-order valence-electron chi connectivity index (χ4n) is 2.71. The van der Waals surface area contributed by atoms with Crippen LogP contribution in [0.3, 0.4) is 0 Å². The number of nitro benzene ring substituents is 1. The van der Waals surface area contributed by atoms with E-state index in [0.29, 0.717) is 24.4 Å². The van der Waals surface area contributed by atoms with E-state index < -0.39 is 16.9 Å². The van der Waals surface area contributed by atoms with Crippen molar-refractivity contribution in [2.45, 2.75) is 13.0 Å². The van der Waals surface area contributed by atoms with E-state index in [2.05, 4.69) is 16.8 Å². The number of esters is 2. The van der Waals surface area contributed by atoms with Gasteiger partial charge in [-0.25, -0.2) is 9.59 Å². The summed E-state index contributed by atoms with van der Waals surface area (Å²) >= 11 is 0. The number of rotatable bonds is 11. The summed E-state index contributed by atoms with van der Waals surface area (Å²) in [5.41, 5.74) is 1.38. The van der Waals surface area contributed by atoms with Gasteiger partial charge in [0.15, 0.2) is 5.69 Å². The molecule has 11 heteroatoms. The molecule has 0 radical (unpaired) electrons. The maximum atomic E-state index is 12.1. The average Bonchev–Trinajstić information content (AvgIpc) is 3.65. The minimum absolute atomic E-state index is 0.00704. The molecule has 2 aromatic carbocycles. The second kappa shape index (κ2) is 11.1. The molecular weight excluding hydrogens is 444 g/mol. The first-order chi connectivity index (χ1) is 16.2. The molecule has 1 unspecified atom stereocenters. The van der Waals surface area contributed by atoms with E-state index >= 15 is 0 Å². The van der Waals surface area contributed by atoms with Crippen LogP contribution in [-0.4, -0.2) is 56.4 Å². The summed E-state index contributed by atoms with van der Waals surface area (Å²) in [6, 6.07) is 10.9. The lowest BCUT2D eigenvalue weighted by atomic mass is 10.2. The number of carbonyl (C=O) groups excluding carboxylic acids is 2. The summed E-state index contributed by atoms with van der Waals surface area (Å²) in [7, 11) is 1.85. The molecule has 1 atom stereocenters. The average molecular weight is 468 g/mol. The van der Waals surface area contributed by atoms with Crippen LogP contribution >= 0.6 is 0 Å². The Morgan fingerprint density at radius 2 is 1.91 bits per heavy atom. The minimum Gasteiger partial charge on any atom is -0.460 e. The molecule has 0 spiro atoms. The zero-order chi connectivity index (χ0) is 24.7. The maximum Gasteiger partial charge on any atom is 0.338 e. The molecule has 2 aromatic rings. The van der Waals surface area contributed by atoms with Crippen molar-refractivity contribution < 1.29 is 28.7 Å². The molecule has 178 valence electrons. The van der Waals surface area contributed by atoms with Crippen LogP contribution in [0.25, 0.3) is 0 Å². The van der Waals surface area contributed by atoms with Gasteiger partial charge in [0.2, 0.25) is 0 Å². The summed E-state index contributed by atoms with van der Waals surface area (Å²) in [5.74, 6) is -1.10. The Balaban J connectivity index is 1.62. The second-order valence-electron chi connectivity index (χ2n) is 7.57. The minimum atomic E-state index is -0.670. The molecule has 11 nitrogen and oxygen atoms in total. The third-order valence-corrected chi connectivity index (χ3v) is 4.78. The van der Waals surface area contributed by atoms with Gasteiger partial charge < -0.3 is 19.1 Å². The van der Waals surface area contributed by atoms with E-state index in [9.17, 15) is 19.7 Å². The summed E-state index contributed by atoms with van der Waals surface area (Å²) in [6.07, 6.45) is -0.0998. The summed E-state index contributed by atoms with van der Waals surface area (Å²) in [6.45, 7) is 6.46. The molecular formula is C23H24N4O7. The fourth-order valence-corrected chi connectivity index (χ4v) is 2.71. The summed E-state index contributed by atoms with van der Waals surface area (Å²) < 4.78 is 15.1. The van der Waals surface area contributed by atoms with E-state index in [0.717, 1.165) is 11.8 Å². The summed E-state index contributed by atoms with van der Waals surface area (Å²) in [5, 5.41) is 19.5. The lowest BCUT2D eigenvalue weighted by molar-refractivity contribution is -0.384. The van der Waals surface area contributed by atoms with Crippen molar-refractivity contribution in [2.75, 3.05) is 38.3 Å². The Morgan fingerprint density at radius 1 is 1.21 bits per heavy atom. The first kappa shape index (κ1) is 24.5. The van der Waals surface area contributed by atoms with Crippen molar-refractivity contribution >= 4 is 34.7 Å². The second-order valence-corrected chi connectivity index (χ2v) is 7.57. The van der Waals surface area contributed by atoms with E-state index in [1.54, 1.807) is 31.2 Å². The molecule has 0 amide bonds. The van der Waals surface area contributed by atoms with E-state index in [-0.39, 0.29) is 36.3 Å². The van der Waals surface area contributed by atoms with Gasteiger partial charge in [0, 0.05) is 24.4 Å². The quantitative estimate of drug-likeness (QED) is 0.120. The van der Waals surface area contributed by atoms with Gasteiger partial charge in [-0.3, -0.25) is 10.1 Å². The molecule has 0 aliphatic carbocycles. The monoisotopic (exact) mass is 468 g/mol. The normalized spacial score (nSPS) is 14.5. The molecule has 0 saturated carbocycles. The predicted octanol–water partition coefficient (Wildman–Crippen LogP) is 4.12. The Morgan fingerprint density at radius 3 is 2.53 bits per heavy atom. The van der Waals surface area contributed by atoms with Gasteiger partial charge in [-0.15, -0.1) is 5.11 Å². The zero-order valence-corrected chi connectivity index (χ0v) is 18.8. The predicted molar refractivity (Wildman–Crippen MR) is 123 cm³/mol. The molecule has 0 bridgehead atoms. The Kier molecular flexibility index (Phi) is 8.04. The number of ether oxygens (including phenoxy) is 3. The van der Waals surface area contributed by atoms with Crippen LogP contribution < -0.4 is 4.90 Å². The third-order valence-electron chi connectivity index (χ3n) is 4.78. The van der Waals surface area contributed by atoms with Gasteiger partial charge in [0.25, 0.3) is 5.69 Å². The van der Waals surface area contributed by atoms with E-state index in [1.807, 2.05) is 11.9 Å². The molecule has 0 N–H and O–H groups in total. The fraction of sp³-hybridized carbons (Fsp3) is 0.304. The molecule has 1 saturated heterocycles. The Hall–Kier alpha value is -4.12. The number of nitro groups is 1. The van der Waals surface area contributed by atoms with Crippen LogP contribution in [-0.2, 0) is 19.0 Å². The third kappa shape index (κ3) is 6.94. The standard InChI is InChI=1S/C23H24N4O7/c1-15(2)22(28)32-11-10-26(3)18-7-5-17(6-8-18)24-25-20-9-4-16(12-21(20)27(30)31)23(29)34-14-19-13-33-19/h4-9,12,19H,1,10-11,13-14H2,2-3H3. The van der Waals surface area contributed by atoms with Gasteiger partial charge in [0.05, 0.1) is 29.3 Å². The number of azo groups is 1. The van der Waals surface area contributed by atoms with E-state index in [4.69, 9.17) is 14.2 Å².